The number of furan rings is 1. The van der Waals surface area contributed by atoms with Gasteiger partial charge < -0.3 is 4.42 Å². The molecule has 1 aromatic heterocycles. The van der Waals surface area contributed by atoms with Gasteiger partial charge in [0.05, 0.1) is 11.2 Å². The summed E-state index contributed by atoms with van der Waals surface area (Å²) in [6.07, 6.45) is 3.13. The van der Waals surface area contributed by atoms with E-state index in [2.05, 4.69) is 0 Å². The summed E-state index contributed by atoms with van der Waals surface area (Å²) < 4.78 is 5.34. The molecule has 0 aliphatic heterocycles. The van der Waals surface area contributed by atoms with Crippen LogP contribution in [0.2, 0.25) is 0 Å². The lowest BCUT2D eigenvalue weighted by molar-refractivity contribution is -0.431. The number of nitrogens with zero attached hydrogens (tertiary/aromatic N) is 1. The summed E-state index contributed by atoms with van der Waals surface area (Å²) in [7, 11) is 0. The molecule has 0 saturated carbocycles. The van der Waals surface area contributed by atoms with Gasteiger partial charge in [-0.05, 0) is 6.07 Å². The van der Waals surface area contributed by atoms with E-state index in [0.717, 1.165) is 16.5 Å². The third kappa shape index (κ3) is 2.20. The van der Waals surface area contributed by atoms with Crippen LogP contribution in [0.3, 0.4) is 0 Å². The molecule has 0 saturated heterocycles. The maximum atomic E-state index is 10.9. The number of fused-ring (bicyclic) bond motifs is 1. The van der Waals surface area contributed by atoms with Crippen LogP contribution in [0.25, 0.3) is 17.0 Å². The van der Waals surface area contributed by atoms with Crippen molar-refractivity contribution in [2.45, 2.75) is 13.8 Å². The van der Waals surface area contributed by atoms with Gasteiger partial charge in [-0.1, -0.05) is 32.0 Å². The van der Waals surface area contributed by atoms with Gasteiger partial charge in [0.15, 0.2) is 0 Å². The van der Waals surface area contributed by atoms with Crippen LogP contribution in [0.5, 0.6) is 0 Å². The Hall–Kier alpha value is -2.10. The van der Waals surface area contributed by atoms with Crippen LogP contribution in [0, 0.1) is 16.0 Å². The van der Waals surface area contributed by atoms with Gasteiger partial charge in [-0.25, -0.2) is 0 Å². The Morgan fingerprint density at radius 1 is 1.41 bits per heavy atom. The molecular formula is C13H13NO3. The van der Waals surface area contributed by atoms with Gasteiger partial charge in [0.25, 0.3) is 0 Å². The Morgan fingerprint density at radius 3 is 2.76 bits per heavy atom. The Balaban J connectivity index is 2.53. The Morgan fingerprint density at radius 2 is 2.12 bits per heavy atom. The van der Waals surface area contributed by atoms with Crippen LogP contribution >= 0.6 is 0 Å². The van der Waals surface area contributed by atoms with Crippen LogP contribution in [-0.4, -0.2) is 4.92 Å². The Labute approximate surface area is 98.7 Å². The number of nitro groups is 1. The van der Waals surface area contributed by atoms with Crippen molar-refractivity contribution in [1.82, 2.24) is 0 Å². The molecule has 0 aliphatic carbocycles. The minimum atomic E-state index is -0.341. The number of rotatable bonds is 3. The predicted molar refractivity (Wildman–Crippen MR) is 66.0 cm³/mol. The van der Waals surface area contributed by atoms with Crippen molar-refractivity contribution >= 4 is 17.0 Å². The monoisotopic (exact) mass is 231 g/mol. The summed E-state index contributed by atoms with van der Waals surface area (Å²) in [5, 5.41) is 11.8. The first-order valence-corrected chi connectivity index (χ1v) is 5.42. The largest absolute Gasteiger partial charge is 0.464 e. The van der Waals surface area contributed by atoms with E-state index < -0.39 is 0 Å². The fraction of sp³-hybridized carbons (Fsp3) is 0.231. The van der Waals surface area contributed by atoms with E-state index in [1.165, 1.54) is 0 Å². The molecule has 1 heterocycles. The van der Waals surface area contributed by atoms with Crippen molar-refractivity contribution in [1.29, 1.82) is 0 Å². The summed E-state index contributed by atoms with van der Waals surface area (Å²) in [5.41, 5.74) is 1.68. The SMILES string of the molecule is CC(C)/C(=C/c1coc2ccccc12)[N+](=O)[O-]. The number of hydrogen-bond acceptors (Lipinski definition) is 3. The molecule has 17 heavy (non-hydrogen) atoms. The van der Waals surface area contributed by atoms with Crippen molar-refractivity contribution in [3.63, 3.8) is 0 Å². The lowest BCUT2D eigenvalue weighted by atomic mass is 10.1. The Kier molecular flexibility index (Phi) is 2.95. The fourth-order valence-electron chi connectivity index (χ4n) is 1.70. The highest BCUT2D eigenvalue weighted by molar-refractivity contribution is 5.87. The first-order valence-electron chi connectivity index (χ1n) is 5.42. The van der Waals surface area contributed by atoms with Crippen molar-refractivity contribution in [3.05, 3.63) is 51.9 Å². The summed E-state index contributed by atoms with van der Waals surface area (Å²) >= 11 is 0. The lowest BCUT2D eigenvalue weighted by Crippen LogP contribution is -2.05. The molecule has 4 nitrogen and oxygen atoms in total. The zero-order chi connectivity index (χ0) is 12.4. The van der Waals surface area contributed by atoms with Gasteiger partial charge in [0, 0.05) is 22.9 Å². The zero-order valence-electron chi connectivity index (χ0n) is 9.71. The second-order valence-electron chi connectivity index (χ2n) is 4.17. The van der Waals surface area contributed by atoms with Gasteiger partial charge in [-0.3, -0.25) is 10.1 Å². The lowest BCUT2D eigenvalue weighted by Gasteiger charge is -2.00. The standard InChI is InChI=1S/C13H13NO3/c1-9(2)12(14(15)16)7-10-8-17-13-6-4-3-5-11(10)13/h3-9H,1-2H3/b12-7-. The molecule has 2 aromatic rings. The maximum absolute atomic E-state index is 10.9. The minimum Gasteiger partial charge on any atom is -0.464 e. The van der Waals surface area contributed by atoms with Crippen LogP contribution in [-0.2, 0) is 0 Å². The molecule has 0 fully saturated rings. The zero-order valence-corrected chi connectivity index (χ0v) is 9.71. The van der Waals surface area contributed by atoms with Crippen molar-refractivity contribution in [3.8, 4) is 0 Å². The van der Waals surface area contributed by atoms with E-state index in [1.54, 1.807) is 26.2 Å². The summed E-state index contributed by atoms with van der Waals surface area (Å²) in [6, 6.07) is 7.49. The van der Waals surface area contributed by atoms with Crippen LogP contribution in [0.1, 0.15) is 19.4 Å². The summed E-state index contributed by atoms with van der Waals surface area (Å²) in [4.78, 5) is 10.6. The van der Waals surface area contributed by atoms with E-state index >= 15 is 0 Å². The van der Waals surface area contributed by atoms with Crippen molar-refractivity contribution in [2.24, 2.45) is 5.92 Å². The molecule has 0 aliphatic rings. The van der Waals surface area contributed by atoms with E-state index in [0.29, 0.717) is 0 Å². The molecule has 0 radical (unpaired) electrons. The van der Waals surface area contributed by atoms with Gasteiger partial charge in [-0.2, -0.15) is 0 Å². The van der Waals surface area contributed by atoms with Crippen molar-refractivity contribution in [2.75, 3.05) is 0 Å². The normalized spacial score (nSPS) is 12.3. The fourth-order valence-corrected chi connectivity index (χ4v) is 1.70. The molecular weight excluding hydrogens is 218 g/mol. The van der Waals surface area contributed by atoms with Gasteiger partial charge in [-0.15, -0.1) is 0 Å². The molecule has 4 heteroatoms. The first-order chi connectivity index (χ1) is 8.09. The quantitative estimate of drug-likeness (QED) is 0.597. The maximum Gasteiger partial charge on any atom is 0.249 e. The smallest absolute Gasteiger partial charge is 0.249 e. The third-order valence-corrected chi connectivity index (χ3v) is 2.62. The number of para-hydroxylation sites is 1. The second kappa shape index (κ2) is 4.41. The highest BCUT2D eigenvalue weighted by Crippen LogP contribution is 2.24. The minimum absolute atomic E-state index is 0.126. The van der Waals surface area contributed by atoms with Crippen molar-refractivity contribution < 1.29 is 9.34 Å². The van der Waals surface area contributed by atoms with Crippen LogP contribution in [0.15, 0.2) is 40.6 Å². The highest BCUT2D eigenvalue weighted by Gasteiger charge is 2.17. The number of hydrogen-bond donors (Lipinski definition) is 0. The van der Waals surface area contributed by atoms with Crippen LogP contribution < -0.4 is 0 Å². The average molecular weight is 231 g/mol. The van der Waals surface area contributed by atoms with E-state index in [1.807, 2.05) is 24.3 Å². The molecule has 0 atom stereocenters. The van der Waals surface area contributed by atoms with Gasteiger partial charge in [0.2, 0.25) is 5.70 Å². The molecule has 0 bridgehead atoms. The molecule has 1 aromatic carbocycles. The number of allylic oxidation sites excluding steroid dienone is 1. The van der Waals surface area contributed by atoms with E-state index in [-0.39, 0.29) is 16.5 Å². The molecule has 0 amide bonds. The molecule has 0 N–H and O–H groups in total. The molecule has 2 rings (SSSR count). The van der Waals surface area contributed by atoms with Gasteiger partial charge >= 0.3 is 0 Å². The first kappa shape index (κ1) is 11.4. The Bertz CT molecular complexity index is 581. The highest BCUT2D eigenvalue weighted by atomic mass is 16.6. The summed E-state index contributed by atoms with van der Waals surface area (Å²) in [5.74, 6) is -0.126. The second-order valence-corrected chi connectivity index (χ2v) is 4.17. The number of benzene rings is 1. The van der Waals surface area contributed by atoms with E-state index in [9.17, 15) is 10.1 Å². The topological polar surface area (TPSA) is 56.3 Å². The third-order valence-electron chi connectivity index (χ3n) is 2.62. The average Bonchev–Trinajstić information content (AvgIpc) is 2.68. The van der Waals surface area contributed by atoms with E-state index in [4.69, 9.17) is 4.42 Å². The van der Waals surface area contributed by atoms with Gasteiger partial charge in [0.1, 0.15) is 5.58 Å². The molecule has 0 spiro atoms. The molecule has 0 unspecified atom stereocenters. The predicted octanol–water partition coefficient (Wildman–Crippen LogP) is 3.71. The van der Waals surface area contributed by atoms with Crippen LogP contribution in [0.4, 0.5) is 0 Å². The summed E-state index contributed by atoms with van der Waals surface area (Å²) in [6.45, 7) is 3.60. The molecule has 88 valence electrons.